The lowest BCUT2D eigenvalue weighted by atomic mass is 9.87. The number of piperidine rings is 1. The van der Waals surface area contributed by atoms with Gasteiger partial charge >= 0.3 is 0 Å². The molecule has 38 heavy (non-hydrogen) atoms. The Hall–Kier alpha value is -4.20. The van der Waals surface area contributed by atoms with Gasteiger partial charge in [0.15, 0.2) is 0 Å². The molecule has 0 aliphatic carbocycles. The fraction of sp³-hybridized carbons (Fsp3) is 0.333. The van der Waals surface area contributed by atoms with E-state index in [4.69, 9.17) is 0 Å². The molecule has 2 amide bonds. The van der Waals surface area contributed by atoms with Gasteiger partial charge in [0.2, 0.25) is 0 Å². The minimum atomic E-state index is -0.465. The summed E-state index contributed by atoms with van der Waals surface area (Å²) in [5, 5.41) is 17.4. The lowest BCUT2D eigenvalue weighted by Gasteiger charge is -2.31. The Morgan fingerprint density at radius 1 is 0.868 bits per heavy atom. The number of hydrogen-bond donors (Lipinski definition) is 2. The van der Waals surface area contributed by atoms with Crippen LogP contribution in [0, 0.1) is 16.0 Å². The number of benzene rings is 3. The van der Waals surface area contributed by atoms with Crippen molar-refractivity contribution in [3.63, 3.8) is 0 Å². The Morgan fingerprint density at radius 2 is 1.42 bits per heavy atom. The molecule has 2 N–H and O–H groups in total. The number of anilines is 3. The molecule has 1 fully saturated rings. The lowest BCUT2D eigenvalue weighted by Crippen LogP contribution is -2.33. The normalized spacial score (nSPS) is 14.2. The molecule has 1 heterocycles. The molecule has 1 saturated heterocycles. The van der Waals surface area contributed by atoms with Crippen LogP contribution >= 0.6 is 0 Å². The standard InChI is InChI=1S/C30H34N4O4/c1-20-14-16-33(17-15-20)26-13-10-22(18-27(26)34(37)38)29(36)32-25-7-5-6-24(19-25)31-28(35)21-8-11-23(12-9-21)30(2,3)4/h5-13,18-20H,14-17H2,1-4H3,(H,31,35)(H,32,36). The summed E-state index contributed by atoms with van der Waals surface area (Å²) < 4.78 is 0. The summed E-state index contributed by atoms with van der Waals surface area (Å²) in [5.41, 5.74) is 3.30. The Morgan fingerprint density at radius 3 is 1.97 bits per heavy atom. The SMILES string of the molecule is CC1CCN(c2ccc(C(=O)Nc3cccc(NC(=O)c4ccc(C(C)(C)C)cc4)c3)cc2[N+](=O)[O-])CC1. The number of rotatable bonds is 6. The molecule has 3 aromatic rings. The number of carbonyl (C=O) groups excluding carboxylic acids is 2. The van der Waals surface area contributed by atoms with E-state index in [1.54, 1.807) is 48.5 Å². The number of amides is 2. The molecule has 8 heteroatoms. The van der Waals surface area contributed by atoms with E-state index < -0.39 is 10.8 Å². The maximum atomic E-state index is 13.0. The van der Waals surface area contributed by atoms with Gasteiger partial charge in [-0.25, -0.2) is 0 Å². The zero-order valence-electron chi connectivity index (χ0n) is 22.3. The van der Waals surface area contributed by atoms with E-state index in [9.17, 15) is 19.7 Å². The summed E-state index contributed by atoms with van der Waals surface area (Å²) in [7, 11) is 0. The van der Waals surface area contributed by atoms with E-state index in [1.807, 2.05) is 17.0 Å². The van der Waals surface area contributed by atoms with E-state index in [2.05, 4.69) is 38.3 Å². The van der Waals surface area contributed by atoms with Gasteiger partial charge in [-0.1, -0.05) is 45.9 Å². The van der Waals surface area contributed by atoms with Crippen molar-refractivity contribution < 1.29 is 14.5 Å². The van der Waals surface area contributed by atoms with Crippen molar-refractivity contribution in [3.8, 4) is 0 Å². The Labute approximate surface area is 223 Å². The molecule has 4 rings (SSSR count). The van der Waals surface area contributed by atoms with Gasteiger partial charge in [0.25, 0.3) is 17.5 Å². The molecular formula is C30H34N4O4. The molecule has 1 aliphatic rings. The van der Waals surface area contributed by atoms with Crippen molar-refractivity contribution in [1.29, 1.82) is 0 Å². The lowest BCUT2D eigenvalue weighted by molar-refractivity contribution is -0.384. The monoisotopic (exact) mass is 514 g/mol. The second-order valence-corrected chi connectivity index (χ2v) is 10.9. The van der Waals surface area contributed by atoms with Gasteiger partial charge in [-0.2, -0.15) is 0 Å². The van der Waals surface area contributed by atoms with Gasteiger partial charge in [0, 0.05) is 41.7 Å². The van der Waals surface area contributed by atoms with Crippen molar-refractivity contribution in [2.75, 3.05) is 28.6 Å². The molecule has 0 aromatic heterocycles. The Balaban J connectivity index is 1.45. The van der Waals surface area contributed by atoms with Crippen LogP contribution in [0.25, 0.3) is 0 Å². The van der Waals surface area contributed by atoms with Gasteiger partial charge in [0.1, 0.15) is 5.69 Å². The molecule has 0 atom stereocenters. The highest BCUT2D eigenvalue weighted by Crippen LogP contribution is 2.32. The first-order chi connectivity index (χ1) is 18.0. The van der Waals surface area contributed by atoms with Crippen molar-refractivity contribution in [2.24, 2.45) is 5.92 Å². The fourth-order valence-electron chi connectivity index (χ4n) is 4.53. The third-order valence-corrected chi connectivity index (χ3v) is 6.95. The number of carbonyl (C=O) groups is 2. The number of nitro benzene ring substituents is 1. The Kier molecular flexibility index (Phi) is 7.80. The molecular weight excluding hydrogens is 480 g/mol. The van der Waals surface area contributed by atoms with E-state index in [0.29, 0.717) is 28.5 Å². The fourth-order valence-corrected chi connectivity index (χ4v) is 4.53. The topological polar surface area (TPSA) is 105 Å². The summed E-state index contributed by atoms with van der Waals surface area (Å²) in [5.74, 6) is -0.120. The quantitative estimate of drug-likeness (QED) is 0.284. The first-order valence-corrected chi connectivity index (χ1v) is 12.9. The molecule has 0 unspecified atom stereocenters. The predicted molar refractivity (Wildman–Crippen MR) is 151 cm³/mol. The van der Waals surface area contributed by atoms with Crippen molar-refractivity contribution in [1.82, 2.24) is 0 Å². The molecule has 0 saturated carbocycles. The third-order valence-electron chi connectivity index (χ3n) is 6.95. The second kappa shape index (κ2) is 11.0. The van der Waals surface area contributed by atoms with Gasteiger partial charge in [-0.3, -0.25) is 19.7 Å². The molecule has 8 nitrogen and oxygen atoms in total. The highest BCUT2D eigenvalue weighted by Gasteiger charge is 2.25. The predicted octanol–water partition coefficient (Wildman–Crippen LogP) is 6.63. The first-order valence-electron chi connectivity index (χ1n) is 12.9. The van der Waals surface area contributed by atoms with E-state index in [0.717, 1.165) is 31.5 Å². The van der Waals surface area contributed by atoms with E-state index in [-0.39, 0.29) is 22.6 Å². The van der Waals surface area contributed by atoms with E-state index >= 15 is 0 Å². The third kappa shape index (κ3) is 6.37. The van der Waals surface area contributed by atoms with Gasteiger partial charge < -0.3 is 15.5 Å². The van der Waals surface area contributed by atoms with Crippen LogP contribution in [0.1, 0.15) is 66.8 Å². The largest absolute Gasteiger partial charge is 0.366 e. The van der Waals surface area contributed by atoms with Crippen LogP contribution in [0.5, 0.6) is 0 Å². The van der Waals surface area contributed by atoms with Crippen LogP contribution in [-0.2, 0) is 5.41 Å². The molecule has 1 aliphatic heterocycles. The average molecular weight is 515 g/mol. The van der Waals surface area contributed by atoms with Crippen LogP contribution in [0.3, 0.4) is 0 Å². The van der Waals surface area contributed by atoms with Crippen LogP contribution in [0.15, 0.2) is 66.7 Å². The minimum absolute atomic E-state index is 0.00541. The molecule has 0 radical (unpaired) electrons. The van der Waals surface area contributed by atoms with E-state index in [1.165, 1.54) is 6.07 Å². The van der Waals surface area contributed by atoms with Crippen LogP contribution in [-0.4, -0.2) is 29.8 Å². The first kappa shape index (κ1) is 26.9. The molecule has 198 valence electrons. The van der Waals surface area contributed by atoms with Crippen molar-refractivity contribution >= 4 is 34.6 Å². The number of hydrogen-bond acceptors (Lipinski definition) is 5. The maximum absolute atomic E-state index is 13.0. The highest BCUT2D eigenvalue weighted by molar-refractivity contribution is 6.07. The van der Waals surface area contributed by atoms with Crippen LogP contribution in [0.2, 0.25) is 0 Å². The highest BCUT2D eigenvalue weighted by atomic mass is 16.6. The van der Waals surface area contributed by atoms with Gasteiger partial charge in [-0.15, -0.1) is 0 Å². The maximum Gasteiger partial charge on any atom is 0.293 e. The summed E-state index contributed by atoms with van der Waals surface area (Å²) in [6.07, 6.45) is 1.96. The van der Waals surface area contributed by atoms with Crippen LogP contribution in [0.4, 0.5) is 22.7 Å². The summed E-state index contributed by atoms with van der Waals surface area (Å²) in [4.78, 5) is 39.1. The minimum Gasteiger partial charge on any atom is -0.366 e. The number of nitro groups is 1. The van der Waals surface area contributed by atoms with Gasteiger partial charge in [0.05, 0.1) is 4.92 Å². The van der Waals surface area contributed by atoms with Crippen molar-refractivity contribution in [2.45, 2.75) is 46.0 Å². The average Bonchev–Trinajstić information content (AvgIpc) is 2.88. The summed E-state index contributed by atoms with van der Waals surface area (Å²) >= 11 is 0. The zero-order valence-corrected chi connectivity index (χ0v) is 22.3. The molecule has 0 spiro atoms. The smallest absolute Gasteiger partial charge is 0.293 e. The number of nitrogens with one attached hydrogen (secondary N) is 2. The Bertz CT molecular complexity index is 1340. The number of nitrogens with zero attached hydrogens (tertiary/aromatic N) is 2. The second-order valence-electron chi connectivity index (χ2n) is 10.9. The summed E-state index contributed by atoms with van der Waals surface area (Å²) in [6, 6.07) is 18.9. The van der Waals surface area contributed by atoms with Gasteiger partial charge in [-0.05, 0) is 72.2 Å². The van der Waals surface area contributed by atoms with Crippen LogP contribution < -0.4 is 15.5 Å². The zero-order chi connectivity index (χ0) is 27.4. The molecule has 3 aromatic carbocycles. The summed E-state index contributed by atoms with van der Waals surface area (Å²) in [6.45, 7) is 10.0. The van der Waals surface area contributed by atoms with Crippen molar-refractivity contribution in [3.05, 3.63) is 93.5 Å². The molecule has 0 bridgehead atoms.